The zero-order chi connectivity index (χ0) is 18.3. The Bertz CT molecular complexity index is 740. The molecule has 4 nitrogen and oxygen atoms in total. The molecule has 0 radical (unpaired) electrons. The molecule has 2 aliphatic rings. The largest absolute Gasteiger partial charge is 0.366 e. The van der Waals surface area contributed by atoms with Crippen molar-refractivity contribution >= 4 is 17.4 Å². The minimum atomic E-state index is -0.152. The first-order valence-corrected chi connectivity index (χ1v) is 9.26. The SMILES string of the molecule is CCN1C(=O)C(c2ccc(C)cc2C)=C(N2CC(C)CC(C)C2)C1=O. The third-order valence-corrected chi connectivity index (χ3v) is 5.30. The van der Waals surface area contributed by atoms with Crippen molar-refractivity contribution in [2.75, 3.05) is 19.6 Å². The van der Waals surface area contributed by atoms with Gasteiger partial charge in [0.25, 0.3) is 11.8 Å². The summed E-state index contributed by atoms with van der Waals surface area (Å²) in [6.45, 7) is 12.4. The molecule has 0 N–H and O–H groups in total. The summed E-state index contributed by atoms with van der Waals surface area (Å²) in [6, 6.07) is 6.08. The van der Waals surface area contributed by atoms with Gasteiger partial charge in [0.1, 0.15) is 5.70 Å². The lowest BCUT2D eigenvalue weighted by molar-refractivity contribution is -0.137. The van der Waals surface area contributed by atoms with Gasteiger partial charge in [-0.25, -0.2) is 0 Å². The van der Waals surface area contributed by atoms with Crippen LogP contribution in [0, 0.1) is 25.7 Å². The Morgan fingerprint density at radius 2 is 1.68 bits per heavy atom. The molecule has 2 amide bonds. The molecule has 0 spiro atoms. The normalized spacial score (nSPS) is 24.5. The van der Waals surface area contributed by atoms with Gasteiger partial charge in [0.2, 0.25) is 0 Å². The monoisotopic (exact) mass is 340 g/mol. The lowest BCUT2D eigenvalue weighted by Crippen LogP contribution is -2.41. The fraction of sp³-hybridized carbons (Fsp3) is 0.524. The molecule has 1 aromatic rings. The van der Waals surface area contributed by atoms with Crippen LogP contribution in [-0.2, 0) is 9.59 Å². The average Bonchev–Trinajstić information content (AvgIpc) is 2.77. The summed E-state index contributed by atoms with van der Waals surface area (Å²) in [7, 11) is 0. The summed E-state index contributed by atoms with van der Waals surface area (Å²) in [5, 5.41) is 0. The van der Waals surface area contributed by atoms with E-state index in [-0.39, 0.29) is 11.8 Å². The minimum Gasteiger partial charge on any atom is -0.366 e. The summed E-state index contributed by atoms with van der Waals surface area (Å²) in [5.74, 6) is 0.759. The molecule has 1 aromatic carbocycles. The van der Waals surface area contributed by atoms with Crippen LogP contribution in [0.4, 0.5) is 0 Å². The van der Waals surface area contributed by atoms with E-state index in [1.807, 2.05) is 32.9 Å². The highest BCUT2D eigenvalue weighted by Crippen LogP contribution is 2.36. The minimum absolute atomic E-state index is 0.135. The van der Waals surface area contributed by atoms with Gasteiger partial charge in [-0.3, -0.25) is 14.5 Å². The number of carbonyl (C=O) groups excluding carboxylic acids is 2. The van der Waals surface area contributed by atoms with Gasteiger partial charge in [-0.1, -0.05) is 37.6 Å². The fourth-order valence-electron chi connectivity index (χ4n) is 4.33. The van der Waals surface area contributed by atoms with Crippen molar-refractivity contribution < 1.29 is 9.59 Å². The van der Waals surface area contributed by atoms with Crippen LogP contribution in [-0.4, -0.2) is 41.2 Å². The number of amides is 2. The van der Waals surface area contributed by atoms with Gasteiger partial charge >= 0.3 is 0 Å². The molecular weight excluding hydrogens is 312 g/mol. The van der Waals surface area contributed by atoms with Crippen LogP contribution in [0.2, 0.25) is 0 Å². The molecular formula is C21H28N2O2. The molecule has 2 unspecified atom stereocenters. The molecule has 1 saturated heterocycles. The molecule has 0 saturated carbocycles. The van der Waals surface area contributed by atoms with Crippen LogP contribution in [0.15, 0.2) is 23.9 Å². The Kier molecular flexibility index (Phi) is 4.72. The number of benzene rings is 1. The molecule has 0 bridgehead atoms. The lowest BCUT2D eigenvalue weighted by atomic mass is 9.90. The first-order valence-electron chi connectivity index (χ1n) is 9.26. The second-order valence-corrected chi connectivity index (χ2v) is 7.75. The number of imide groups is 1. The standard InChI is InChI=1S/C21H28N2O2/c1-6-23-20(24)18(17-8-7-13(2)10-16(17)5)19(21(23)25)22-11-14(3)9-15(4)12-22/h7-8,10,14-15H,6,9,11-12H2,1-5H3. The maximum absolute atomic E-state index is 13.0. The number of likely N-dealkylation sites (tertiary alicyclic amines) is 1. The van der Waals surface area contributed by atoms with Crippen molar-refractivity contribution in [1.82, 2.24) is 9.80 Å². The summed E-state index contributed by atoms with van der Waals surface area (Å²) < 4.78 is 0. The van der Waals surface area contributed by atoms with Crippen molar-refractivity contribution in [3.8, 4) is 0 Å². The van der Waals surface area contributed by atoms with Gasteiger partial charge in [0.15, 0.2) is 0 Å². The van der Waals surface area contributed by atoms with Crippen molar-refractivity contribution in [3.05, 3.63) is 40.6 Å². The van der Waals surface area contributed by atoms with Gasteiger partial charge in [0.05, 0.1) is 5.57 Å². The van der Waals surface area contributed by atoms with E-state index < -0.39 is 0 Å². The van der Waals surface area contributed by atoms with Crippen LogP contribution in [0.3, 0.4) is 0 Å². The maximum atomic E-state index is 13.0. The van der Waals surface area contributed by atoms with Crippen molar-refractivity contribution in [3.63, 3.8) is 0 Å². The van der Waals surface area contributed by atoms with E-state index in [4.69, 9.17) is 0 Å². The van der Waals surface area contributed by atoms with Crippen molar-refractivity contribution in [2.45, 2.75) is 41.0 Å². The number of likely N-dealkylation sites (N-methyl/N-ethyl adjacent to an activating group) is 1. The Hall–Kier alpha value is -2.10. The van der Waals surface area contributed by atoms with Crippen LogP contribution in [0.25, 0.3) is 5.57 Å². The third-order valence-electron chi connectivity index (χ3n) is 5.30. The fourth-order valence-corrected chi connectivity index (χ4v) is 4.33. The molecule has 4 heteroatoms. The van der Waals surface area contributed by atoms with Gasteiger partial charge < -0.3 is 4.90 Å². The smallest absolute Gasteiger partial charge is 0.277 e. The maximum Gasteiger partial charge on any atom is 0.277 e. The first-order chi connectivity index (χ1) is 11.8. The Morgan fingerprint density at radius 1 is 1.04 bits per heavy atom. The number of aryl methyl sites for hydroxylation is 2. The Balaban J connectivity index is 2.14. The summed E-state index contributed by atoms with van der Waals surface area (Å²) in [4.78, 5) is 29.6. The van der Waals surface area contributed by atoms with E-state index in [1.165, 1.54) is 11.3 Å². The highest BCUT2D eigenvalue weighted by Gasteiger charge is 2.42. The van der Waals surface area contributed by atoms with E-state index in [0.717, 1.165) is 29.8 Å². The highest BCUT2D eigenvalue weighted by atomic mass is 16.2. The van der Waals surface area contributed by atoms with Crippen LogP contribution in [0.5, 0.6) is 0 Å². The second kappa shape index (κ2) is 6.66. The van der Waals surface area contributed by atoms with Gasteiger partial charge in [-0.2, -0.15) is 0 Å². The zero-order valence-electron chi connectivity index (χ0n) is 15.9. The van der Waals surface area contributed by atoms with E-state index in [1.54, 1.807) is 0 Å². The number of carbonyl (C=O) groups is 2. The number of piperidine rings is 1. The molecule has 0 aliphatic carbocycles. The lowest BCUT2D eigenvalue weighted by Gasteiger charge is -2.37. The van der Waals surface area contributed by atoms with Crippen molar-refractivity contribution in [1.29, 1.82) is 0 Å². The zero-order valence-corrected chi connectivity index (χ0v) is 15.9. The average molecular weight is 340 g/mol. The van der Waals surface area contributed by atoms with E-state index in [9.17, 15) is 9.59 Å². The van der Waals surface area contributed by atoms with Crippen molar-refractivity contribution in [2.24, 2.45) is 11.8 Å². The predicted molar refractivity (Wildman–Crippen MR) is 99.7 cm³/mol. The van der Waals surface area contributed by atoms with Gasteiger partial charge in [0, 0.05) is 19.6 Å². The summed E-state index contributed by atoms with van der Waals surface area (Å²) in [5.41, 5.74) is 4.29. The van der Waals surface area contributed by atoms with Gasteiger partial charge in [-0.15, -0.1) is 0 Å². The molecule has 2 atom stereocenters. The molecule has 1 fully saturated rings. The van der Waals surface area contributed by atoms with Crippen LogP contribution in [0.1, 0.15) is 43.9 Å². The van der Waals surface area contributed by atoms with E-state index in [2.05, 4.69) is 24.8 Å². The topological polar surface area (TPSA) is 40.6 Å². The van der Waals surface area contributed by atoms with Gasteiger partial charge in [-0.05, 0) is 50.2 Å². The quantitative estimate of drug-likeness (QED) is 0.792. The molecule has 0 aromatic heterocycles. The molecule has 25 heavy (non-hydrogen) atoms. The third kappa shape index (κ3) is 3.10. The van der Waals surface area contributed by atoms with Crippen LogP contribution < -0.4 is 0 Å². The predicted octanol–water partition coefficient (Wildman–Crippen LogP) is 3.38. The number of hydrogen-bond donors (Lipinski definition) is 0. The Labute approximate surface area is 150 Å². The summed E-state index contributed by atoms with van der Waals surface area (Å²) in [6.07, 6.45) is 1.17. The van der Waals surface area contributed by atoms with E-state index in [0.29, 0.717) is 29.7 Å². The second-order valence-electron chi connectivity index (χ2n) is 7.75. The van der Waals surface area contributed by atoms with Crippen LogP contribution >= 0.6 is 0 Å². The molecule has 134 valence electrons. The molecule has 2 aliphatic heterocycles. The first kappa shape index (κ1) is 17.7. The number of rotatable bonds is 3. The number of hydrogen-bond acceptors (Lipinski definition) is 3. The number of nitrogens with zero attached hydrogens (tertiary/aromatic N) is 2. The molecule has 3 rings (SSSR count). The Morgan fingerprint density at radius 3 is 2.24 bits per heavy atom. The molecule has 2 heterocycles. The van der Waals surface area contributed by atoms with E-state index >= 15 is 0 Å². The highest BCUT2D eigenvalue weighted by molar-refractivity contribution is 6.35. The summed E-state index contributed by atoms with van der Waals surface area (Å²) >= 11 is 0.